The molecule has 5 heteroatoms. The average Bonchev–Trinajstić information content (AvgIpc) is 2.50. The fourth-order valence-electron chi connectivity index (χ4n) is 1.48. The third kappa shape index (κ3) is 6.54. The summed E-state index contributed by atoms with van der Waals surface area (Å²) in [7, 11) is 1.58. The van der Waals surface area contributed by atoms with Gasteiger partial charge in [-0.2, -0.15) is 0 Å². The first-order chi connectivity index (χ1) is 9.77. The highest BCUT2D eigenvalue weighted by atomic mass is 16.7. The van der Waals surface area contributed by atoms with Crippen molar-refractivity contribution < 1.29 is 23.7 Å². The first kappa shape index (κ1) is 16.5. The number of carbonyl (C=O) groups is 1. The lowest BCUT2D eigenvalue weighted by Crippen LogP contribution is -2.07. The maximum Gasteiger partial charge on any atom is 0.338 e. The van der Waals surface area contributed by atoms with Crippen LogP contribution in [0, 0.1) is 0 Å². The van der Waals surface area contributed by atoms with Crippen molar-refractivity contribution in [3.05, 3.63) is 29.8 Å². The lowest BCUT2D eigenvalue weighted by Gasteiger charge is -2.06. The van der Waals surface area contributed by atoms with Gasteiger partial charge in [0.2, 0.25) is 0 Å². The van der Waals surface area contributed by atoms with E-state index in [2.05, 4.69) is 0 Å². The van der Waals surface area contributed by atoms with E-state index in [1.165, 1.54) is 0 Å². The van der Waals surface area contributed by atoms with Crippen molar-refractivity contribution in [3.63, 3.8) is 0 Å². The Labute approximate surface area is 119 Å². The highest BCUT2D eigenvalue weighted by Crippen LogP contribution is 2.12. The van der Waals surface area contributed by atoms with E-state index in [-0.39, 0.29) is 5.97 Å². The molecule has 0 saturated carbocycles. The minimum absolute atomic E-state index is 0.317. The van der Waals surface area contributed by atoms with E-state index < -0.39 is 0 Å². The van der Waals surface area contributed by atoms with Gasteiger partial charge in [-0.3, -0.25) is 0 Å². The maximum absolute atomic E-state index is 11.7. The molecule has 0 aliphatic rings. The fourth-order valence-corrected chi connectivity index (χ4v) is 1.48. The first-order valence-electron chi connectivity index (χ1n) is 6.74. The van der Waals surface area contributed by atoms with Crippen LogP contribution in [0.15, 0.2) is 24.3 Å². The van der Waals surface area contributed by atoms with Crippen LogP contribution in [-0.2, 0) is 14.2 Å². The van der Waals surface area contributed by atoms with Gasteiger partial charge in [0.05, 0.1) is 19.3 Å². The molecule has 0 aliphatic heterocycles. The van der Waals surface area contributed by atoms with Crippen molar-refractivity contribution in [1.29, 1.82) is 0 Å². The predicted molar refractivity (Wildman–Crippen MR) is 75.0 cm³/mol. The van der Waals surface area contributed by atoms with E-state index in [0.29, 0.717) is 37.9 Å². The number of hydrogen-bond acceptors (Lipinski definition) is 5. The Morgan fingerprint density at radius 1 is 1.05 bits per heavy atom. The van der Waals surface area contributed by atoms with Gasteiger partial charge in [0.15, 0.2) is 0 Å². The number of esters is 1. The molecule has 0 amide bonds. The molecule has 0 bridgehead atoms. The number of benzene rings is 1. The molecule has 5 nitrogen and oxygen atoms in total. The van der Waals surface area contributed by atoms with Crippen LogP contribution in [0.1, 0.15) is 30.1 Å². The van der Waals surface area contributed by atoms with Crippen LogP contribution < -0.4 is 4.74 Å². The van der Waals surface area contributed by atoms with Gasteiger partial charge in [-0.1, -0.05) is 0 Å². The number of methoxy groups -OCH3 is 1. The van der Waals surface area contributed by atoms with Crippen molar-refractivity contribution in [2.75, 3.05) is 33.7 Å². The molecule has 0 saturated heterocycles. The van der Waals surface area contributed by atoms with Gasteiger partial charge in [0.1, 0.15) is 12.5 Å². The molecule has 0 heterocycles. The number of unbranched alkanes of at least 4 members (excludes halogenated alkanes) is 1. The molecule has 1 rings (SSSR count). The third-order valence-corrected chi connectivity index (χ3v) is 2.61. The number of carbonyl (C=O) groups excluding carboxylic acids is 1. The van der Waals surface area contributed by atoms with Gasteiger partial charge in [-0.05, 0) is 44.0 Å². The van der Waals surface area contributed by atoms with E-state index >= 15 is 0 Å². The first-order valence-corrected chi connectivity index (χ1v) is 6.74. The minimum Gasteiger partial charge on any atom is -0.497 e. The van der Waals surface area contributed by atoms with Crippen LogP contribution in [0.25, 0.3) is 0 Å². The molecule has 112 valence electrons. The molecular formula is C15H22O5. The van der Waals surface area contributed by atoms with E-state index in [1.54, 1.807) is 31.4 Å². The van der Waals surface area contributed by atoms with E-state index in [9.17, 15) is 4.79 Å². The van der Waals surface area contributed by atoms with Gasteiger partial charge >= 0.3 is 5.97 Å². The molecular weight excluding hydrogens is 260 g/mol. The molecule has 1 aromatic carbocycles. The number of rotatable bonds is 10. The summed E-state index contributed by atoms with van der Waals surface area (Å²) in [5, 5.41) is 0. The smallest absolute Gasteiger partial charge is 0.338 e. The second-order valence-electron chi connectivity index (χ2n) is 4.09. The molecule has 1 aromatic rings. The van der Waals surface area contributed by atoms with Gasteiger partial charge < -0.3 is 18.9 Å². The zero-order chi connectivity index (χ0) is 14.6. The topological polar surface area (TPSA) is 54.0 Å². The highest BCUT2D eigenvalue weighted by molar-refractivity contribution is 5.89. The summed E-state index contributed by atoms with van der Waals surface area (Å²) in [5.41, 5.74) is 0.526. The number of ether oxygens (including phenoxy) is 4. The summed E-state index contributed by atoms with van der Waals surface area (Å²) in [4.78, 5) is 11.7. The van der Waals surface area contributed by atoms with Gasteiger partial charge in [-0.15, -0.1) is 0 Å². The molecule has 0 aliphatic carbocycles. The van der Waals surface area contributed by atoms with E-state index in [0.717, 1.165) is 12.8 Å². The van der Waals surface area contributed by atoms with Crippen LogP contribution >= 0.6 is 0 Å². The Kier molecular flexibility index (Phi) is 8.42. The standard InChI is InChI=1S/C15H22O5/c1-3-18-12-19-10-4-5-11-20-15(16)13-6-8-14(17-2)9-7-13/h6-9H,3-5,10-12H2,1-2H3. The quantitative estimate of drug-likeness (QED) is 0.375. The Bertz CT molecular complexity index is 374. The van der Waals surface area contributed by atoms with Crippen molar-refractivity contribution in [1.82, 2.24) is 0 Å². The van der Waals surface area contributed by atoms with Crippen molar-refractivity contribution >= 4 is 5.97 Å². The highest BCUT2D eigenvalue weighted by Gasteiger charge is 2.06. The molecule has 0 fully saturated rings. The fraction of sp³-hybridized carbons (Fsp3) is 0.533. The lowest BCUT2D eigenvalue weighted by atomic mass is 10.2. The summed E-state index contributed by atoms with van der Waals surface area (Å²) < 4.78 is 20.4. The molecule has 0 radical (unpaired) electrons. The Morgan fingerprint density at radius 2 is 1.75 bits per heavy atom. The Morgan fingerprint density at radius 3 is 2.40 bits per heavy atom. The monoisotopic (exact) mass is 282 g/mol. The predicted octanol–water partition coefficient (Wildman–Crippen LogP) is 2.64. The van der Waals surface area contributed by atoms with E-state index in [4.69, 9.17) is 18.9 Å². The van der Waals surface area contributed by atoms with Crippen LogP contribution in [0.4, 0.5) is 0 Å². The molecule has 0 unspecified atom stereocenters. The van der Waals surface area contributed by atoms with Crippen LogP contribution in [0.3, 0.4) is 0 Å². The summed E-state index contributed by atoms with van der Waals surface area (Å²) >= 11 is 0. The lowest BCUT2D eigenvalue weighted by molar-refractivity contribution is -0.0509. The normalized spacial score (nSPS) is 10.3. The maximum atomic E-state index is 11.7. The van der Waals surface area contributed by atoms with Gasteiger partial charge in [0.25, 0.3) is 0 Å². The SMILES string of the molecule is CCOCOCCCCOC(=O)c1ccc(OC)cc1. The van der Waals surface area contributed by atoms with Crippen molar-refractivity contribution in [2.24, 2.45) is 0 Å². The van der Waals surface area contributed by atoms with Crippen molar-refractivity contribution in [2.45, 2.75) is 19.8 Å². The van der Waals surface area contributed by atoms with Crippen LogP contribution in [-0.4, -0.2) is 39.7 Å². The van der Waals surface area contributed by atoms with Crippen LogP contribution in [0.2, 0.25) is 0 Å². The zero-order valence-corrected chi connectivity index (χ0v) is 12.1. The average molecular weight is 282 g/mol. The minimum atomic E-state index is -0.317. The Hall–Kier alpha value is -1.59. The van der Waals surface area contributed by atoms with Crippen molar-refractivity contribution in [3.8, 4) is 5.75 Å². The summed E-state index contributed by atoms with van der Waals surface area (Å²) in [6, 6.07) is 6.84. The van der Waals surface area contributed by atoms with Crippen LogP contribution in [0.5, 0.6) is 5.75 Å². The zero-order valence-electron chi connectivity index (χ0n) is 12.1. The summed E-state index contributed by atoms with van der Waals surface area (Å²) in [5.74, 6) is 0.399. The molecule has 0 atom stereocenters. The Balaban J connectivity index is 2.10. The van der Waals surface area contributed by atoms with E-state index in [1.807, 2.05) is 6.92 Å². The third-order valence-electron chi connectivity index (χ3n) is 2.61. The number of hydrogen-bond donors (Lipinski definition) is 0. The summed E-state index contributed by atoms with van der Waals surface area (Å²) in [6.45, 7) is 3.90. The second-order valence-corrected chi connectivity index (χ2v) is 4.09. The molecule has 0 N–H and O–H groups in total. The molecule has 0 aromatic heterocycles. The van der Waals surface area contributed by atoms with Gasteiger partial charge in [-0.25, -0.2) is 4.79 Å². The summed E-state index contributed by atoms with van der Waals surface area (Å²) in [6.07, 6.45) is 1.61. The second kappa shape index (κ2) is 10.2. The molecule has 0 spiro atoms. The van der Waals surface area contributed by atoms with Gasteiger partial charge in [0, 0.05) is 13.2 Å². The molecule has 20 heavy (non-hydrogen) atoms. The largest absolute Gasteiger partial charge is 0.497 e.